The lowest BCUT2D eigenvalue weighted by Gasteiger charge is -2.26. The zero-order valence-corrected chi connectivity index (χ0v) is 18.1. The summed E-state index contributed by atoms with van der Waals surface area (Å²) in [5.74, 6) is 0.334. The zero-order valence-electron chi connectivity index (χ0n) is 18.1. The topological polar surface area (TPSA) is 121 Å². The number of amides is 1. The number of morpholine rings is 1. The summed E-state index contributed by atoms with van der Waals surface area (Å²) in [5.41, 5.74) is 3.33. The first-order valence-electron chi connectivity index (χ1n) is 11.0. The van der Waals surface area contributed by atoms with Crippen LogP contribution in [-0.2, 0) is 9.53 Å². The number of hydrogen-bond acceptors (Lipinski definition) is 8. The summed E-state index contributed by atoms with van der Waals surface area (Å²) >= 11 is 0. The normalized spacial score (nSPS) is 17.1. The lowest BCUT2D eigenvalue weighted by molar-refractivity contribution is -0.125. The van der Waals surface area contributed by atoms with Gasteiger partial charge in [0.1, 0.15) is 12.7 Å². The van der Waals surface area contributed by atoms with Crippen LogP contribution in [0, 0.1) is 11.3 Å². The molecule has 2 fully saturated rings. The average Bonchev–Trinajstić information content (AvgIpc) is 3.36. The van der Waals surface area contributed by atoms with E-state index in [0.717, 1.165) is 42.9 Å². The molecule has 0 unspecified atom stereocenters. The summed E-state index contributed by atoms with van der Waals surface area (Å²) in [4.78, 5) is 22.6. The van der Waals surface area contributed by atoms with Crippen molar-refractivity contribution >= 4 is 23.2 Å². The zero-order chi connectivity index (χ0) is 22.6. The Labute approximate surface area is 191 Å². The Bertz CT molecular complexity index is 1180. The van der Waals surface area contributed by atoms with Gasteiger partial charge < -0.3 is 20.3 Å². The average molecular weight is 444 g/mol. The molecular weight excluding hydrogens is 420 g/mol. The second kappa shape index (κ2) is 9.36. The van der Waals surface area contributed by atoms with E-state index in [0.29, 0.717) is 36.4 Å². The van der Waals surface area contributed by atoms with E-state index in [4.69, 9.17) is 4.74 Å². The molecule has 2 aromatic heterocycles. The first-order chi connectivity index (χ1) is 16.2. The number of carbonyl (C=O) groups excluding carboxylic acids is 1. The highest BCUT2D eigenvalue weighted by Crippen LogP contribution is 2.26. The predicted molar refractivity (Wildman–Crippen MR) is 122 cm³/mol. The van der Waals surface area contributed by atoms with Crippen molar-refractivity contribution in [1.82, 2.24) is 25.1 Å². The molecule has 2 aliphatic heterocycles. The molecule has 2 N–H and O–H groups in total. The lowest BCUT2D eigenvalue weighted by Crippen LogP contribution is -2.41. The number of benzene rings is 1. The van der Waals surface area contributed by atoms with Gasteiger partial charge in [0, 0.05) is 29.7 Å². The molecule has 0 radical (unpaired) electrons. The summed E-state index contributed by atoms with van der Waals surface area (Å²) in [6, 6.07) is 10.0. The Kier molecular flexibility index (Phi) is 5.97. The van der Waals surface area contributed by atoms with Crippen LogP contribution in [0.5, 0.6) is 0 Å². The number of hydrogen-bond donors (Lipinski definition) is 2. The molecular formula is C23H24N8O2. The number of nitrogens with one attached hydrogen (secondary N) is 2. The Morgan fingerprint density at radius 2 is 2.00 bits per heavy atom. The smallest absolute Gasteiger partial charge is 0.253 e. The van der Waals surface area contributed by atoms with Gasteiger partial charge in [-0.05, 0) is 50.2 Å². The van der Waals surface area contributed by atoms with Crippen molar-refractivity contribution in [2.45, 2.75) is 18.9 Å². The molecule has 3 aromatic rings. The summed E-state index contributed by atoms with van der Waals surface area (Å²) < 4.78 is 7.16. The number of carbonyl (C=O) groups is 1. The number of rotatable bonds is 5. The Morgan fingerprint density at radius 1 is 1.18 bits per heavy atom. The van der Waals surface area contributed by atoms with Gasteiger partial charge in [-0.2, -0.15) is 10.4 Å². The molecule has 0 spiro atoms. The summed E-state index contributed by atoms with van der Waals surface area (Å²) in [5, 5.41) is 20.6. The molecule has 0 atom stereocenters. The van der Waals surface area contributed by atoms with Crippen LogP contribution in [0.25, 0.3) is 11.3 Å². The van der Waals surface area contributed by atoms with Crippen LogP contribution in [0.3, 0.4) is 0 Å². The van der Waals surface area contributed by atoms with E-state index in [-0.39, 0.29) is 12.5 Å². The predicted octanol–water partition coefficient (Wildman–Crippen LogP) is 2.24. The summed E-state index contributed by atoms with van der Waals surface area (Å²) in [6.07, 6.45) is 7.28. The molecule has 168 valence electrons. The van der Waals surface area contributed by atoms with Crippen LogP contribution in [0.1, 0.15) is 24.4 Å². The molecule has 4 heterocycles. The van der Waals surface area contributed by atoms with Crippen LogP contribution in [0.2, 0.25) is 0 Å². The van der Waals surface area contributed by atoms with Gasteiger partial charge in [-0.1, -0.05) is 0 Å². The Balaban J connectivity index is 1.35. The van der Waals surface area contributed by atoms with E-state index in [1.165, 1.54) is 6.20 Å². The lowest BCUT2D eigenvalue weighted by atomic mass is 10.1. The molecule has 10 heteroatoms. The molecule has 33 heavy (non-hydrogen) atoms. The van der Waals surface area contributed by atoms with Gasteiger partial charge in [-0.3, -0.25) is 9.48 Å². The maximum Gasteiger partial charge on any atom is 0.253 e. The van der Waals surface area contributed by atoms with Crippen molar-refractivity contribution in [2.24, 2.45) is 0 Å². The van der Waals surface area contributed by atoms with Crippen molar-refractivity contribution in [2.75, 3.05) is 43.1 Å². The fraction of sp³-hybridized carbons (Fsp3) is 0.348. The molecule has 1 aromatic carbocycles. The van der Waals surface area contributed by atoms with E-state index in [9.17, 15) is 10.1 Å². The highest BCUT2D eigenvalue weighted by atomic mass is 16.5. The number of piperidine rings is 1. The largest absolute Gasteiger partial charge is 0.370 e. The van der Waals surface area contributed by atoms with E-state index in [1.807, 2.05) is 35.1 Å². The van der Waals surface area contributed by atoms with Crippen molar-refractivity contribution in [3.8, 4) is 17.3 Å². The quantitative estimate of drug-likeness (QED) is 0.615. The van der Waals surface area contributed by atoms with E-state index in [1.54, 1.807) is 11.1 Å². The summed E-state index contributed by atoms with van der Waals surface area (Å²) in [6.45, 7) is 3.13. The fourth-order valence-electron chi connectivity index (χ4n) is 4.12. The Hall–Kier alpha value is -3.81. The van der Waals surface area contributed by atoms with Gasteiger partial charge >= 0.3 is 0 Å². The van der Waals surface area contributed by atoms with E-state index < -0.39 is 0 Å². The molecule has 1 amide bonds. The molecule has 10 nitrogen and oxygen atoms in total. The second-order valence-corrected chi connectivity index (χ2v) is 8.03. The van der Waals surface area contributed by atoms with E-state index >= 15 is 0 Å². The van der Waals surface area contributed by atoms with Gasteiger partial charge in [0.2, 0.25) is 5.95 Å². The standard InChI is InChI=1S/C23H24N8O2/c24-11-16-12-26-23(28-18-1-3-19(4-2-18)30-9-10-33-15-21(30)32)29-22(16)17-13-27-31(14-17)20-5-7-25-8-6-20/h1-4,12-14,20,25H,5-10,15H2,(H,26,28,29). The third-order valence-electron chi connectivity index (χ3n) is 5.89. The highest BCUT2D eigenvalue weighted by molar-refractivity contribution is 5.95. The number of anilines is 3. The number of aromatic nitrogens is 4. The van der Waals surface area contributed by atoms with Crippen LogP contribution < -0.4 is 15.5 Å². The van der Waals surface area contributed by atoms with Crippen LogP contribution in [0.4, 0.5) is 17.3 Å². The van der Waals surface area contributed by atoms with Crippen molar-refractivity contribution in [1.29, 1.82) is 5.26 Å². The van der Waals surface area contributed by atoms with Gasteiger partial charge in [-0.15, -0.1) is 0 Å². The molecule has 2 saturated heterocycles. The SMILES string of the molecule is N#Cc1cnc(Nc2ccc(N3CCOCC3=O)cc2)nc1-c1cnn(C2CCNCC2)c1. The highest BCUT2D eigenvalue weighted by Gasteiger charge is 2.20. The first-order valence-corrected chi connectivity index (χ1v) is 11.0. The van der Waals surface area contributed by atoms with Crippen LogP contribution >= 0.6 is 0 Å². The number of nitrogens with zero attached hydrogens (tertiary/aromatic N) is 6. The molecule has 0 aliphatic carbocycles. The molecule has 2 aliphatic rings. The van der Waals surface area contributed by atoms with Crippen molar-refractivity contribution < 1.29 is 9.53 Å². The molecule has 0 saturated carbocycles. The van der Waals surface area contributed by atoms with Crippen LogP contribution in [0.15, 0.2) is 42.9 Å². The minimum absolute atomic E-state index is 0.0490. The fourth-order valence-corrected chi connectivity index (χ4v) is 4.12. The maximum atomic E-state index is 12.0. The molecule has 5 rings (SSSR count). The van der Waals surface area contributed by atoms with Gasteiger partial charge in [0.05, 0.1) is 36.3 Å². The van der Waals surface area contributed by atoms with E-state index in [2.05, 4.69) is 31.8 Å². The maximum absolute atomic E-state index is 12.0. The third kappa shape index (κ3) is 4.55. The monoisotopic (exact) mass is 444 g/mol. The third-order valence-corrected chi connectivity index (χ3v) is 5.89. The Morgan fingerprint density at radius 3 is 2.76 bits per heavy atom. The van der Waals surface area contributed by atoms with Gasteiger partial charge in [0.15, 0.2) is 0 Å². The molecule has 0 bridgehead atoms. The number of ether oxygens (including phenoxy) is 1. The van der Waals surface area contributed by atoms with Gasteiger partial charge in [0.25, 0.3) is 5.91 Å². The first kappa shape index (κ1) is 21.1. The van der Waals surface area contributed by atoms with Crippen LogP contribution in [-0.4, -0.2) is 58.5 Å². The minimum atomic E-state index is -0.0490. The van der Waals surface area contributed by atoms with Crippen molar-refractivity contribution in [3.05, 3.63) is 48.4 Å². The van der Waals surface area contributed by atoms with Gasteiger partial charge in [-0.25, -0.2) is 9.97 Å². The second-order valence-electron chi connectivity index (χ2n) is 8.03. The minimum Gasteiger partial charge on any atom is -0.370 e. The number of nitriles is 1. The van der Waals surface area contributed by atoms with Crippen molar-refractivity contribution in [3.63, 3.8) is 0 Å². The summed E-state index contributed by atoms with van der Waals surface area (Å²) in [7, 11) is 0.